The SMILES string of the molecule is CCC(CC)(CNC(=NC)NCCCCSC)NC(=O)OC(C)(C)C. The van der Waals surface area contributed by atoms with E-state index < -0.39 is 5.60 Å². The molecule has 0 radical (unpaired) electrons. The number of rotatable bonds is 10. The second-order valence-corrected chi connectivity index (χ2v) is 8.15. The van der Waals surface area contributed by atoms with E-state index in [-0.39, 0.29) is 11.6 Å². The lowest BCUT2D eigenvalue weighted by molar-refractivity contribution is 0.0448. The van der Waals surface area contributed by atoms with Crippen molar-refractivity contribution in [1.82, 2.24) is 16.0 Å². The molecule has 148 valence electrons. The average molecular weight is 375 g/mol. The van der Waals surface area contributed by atoms with Crippen LogP contribution in [0.1, 0.15) is 60.3 Å². The van der Waals surface area contributed by atoms with Gasteiger partial charge in [0.05, 0.1) is 5.54 Å². The van der Waals surface area contributed by atoms with Crippen LogP contribution in [-0.2, 0) is 4.74 Å². The Morgan fingerprint density at radius 1 is 1.12 bits per heavy atom. The van der Waals surface area contributed by atoms with Crippen molar-refractivity contribution in [3.05, 3.63) is 0 Å². The fourth-order valence-corrected chi connectivity index (χ4v) is 2.79. The van der Waals surface area contributed by atoms with Crippen molar-refractivity contribution < 1.29 is 9.53 Å². The van der Waals surface area contributed by atoms with Crippen LogP contribution < -0.4 is 16.0 Å². The number of ether oxygens (including phenoxy) is 1. The van der Waals surface area contributed by atoms with E-state index in [1.807, 2.05) is 32.5 Å². The average Bonchev–Trinajstić information content (AvgIpc) is 2.54. The number of nitrogens with one attached hydrogen (secondary N) is 3. The van der Waals surface area contributed by atoms with Crippen molar-refractivity contribution >= 4 is 23.8 Å². The summed E-state index contributed by atoms with van der Waals surface area (Å²) in [5.41, 5.74) is -0.863. The van der Waals surface area contributed by atoms with Gasteiger partial charge in [0.15, 0.2) is 5.96 Å². The summed E-state index contributed by atoms with van der Waals surface area (Å²) in [5.74, 6) is 1.95. The van der Waals surface area contributed by atoms with Crippen molar-refractivity contribution in [2.24, 2.45) is 4.99 Å². The normalized spacial score (nSPS) is 12.7. The summed E-state index contributed by atoms with van der Waals surface area (Å²) in [6.45, 7) is 11.2. The van der Waals surface area contributed by atoms with Crippen molar-refractivity contribution in [2.75, 3.05) is 32.1 Å². The van der Waals surface area contributed by atoms with Crippen LogP contribution in [0, 0.1) is 0 Å². The summed E-state index contributed by atoms with van der Waals surface area (Å²) < 4.78 is 5.41. The molecule has 0 fully saturated rings. The summed E-state index contributed by atoms with van der Waals surface area (Å²) in [5, 5.41) is 9.70. The number of unbranched alkanes of at least 4 members (excludes halogenated alkanes) is 1. The number of guanidine groups is 1. The Bertz CT molecular complexity index is 404. The van der Waals surface area contributed by atoms with Gasteiger partial charge in [-0.3, -0.25) is 4.99 Å². The smallest absolute Gasteiger partial charge is 0.408 e. The molecule has 0 saturated carbocycles. The van der Waals surface area contributed by atoms with Crippen LogP contribution in [0.5, 0.6) is 0 Å². The van der Waals surface area contributed by atoms with Gasteiger partial charge >= 0.3 is 6.09 Å². The number of hydrogen-bond acceptors (Lipinski definition) is 4. The van der Waals surface area contributed by atoms with Gasteiger partial charge in [0, 0.05) is 20.1 Å². The Morgan fingerprint density at radius 2 is 1.76 bits per heavy atom. The first-order valence-corrected chi connectivity index (χ1v) is 10.6. The predicted molar refractivity (Wildman–Crippen MR) is 110 cm³/mol. The Kier molecular flexibility index (Phi) is 11.7. The lowest BCUT2D eigenvalue weighted by atomic mass is 9.93. The van der Waals surface area contributed by atoms with E-state index in [0.29, 0.717) is 6.54 Å². The molecule has 0 atom stereocenters. The van der Waals surface area contributed by atoms with Crippen LogP contribution in [0.15, 0.2) is 4.99 Å². The van der Waals surface area contributed by atoms with Crippen LogP contribution in [0.2, 0.25) is 0 Å². The highest BCUT2D eigenvalue weighted by Gasteiger charge is 2.30. The monoisotopic (exact) mass is 374 g/mol. The van der Waals surface area contributed by atoms with Crippen LogP contribution >= 0.6 is 11.8 Å². The van der Waals surface area contributed by atoms with Crippen LogP contribution in [0.25, 0.3) is 0 Å². The summed E-state index contributed by atoms with van der Waals surface area (Å²) in [4.78, 5) is 16.4. The van der Waals surface area contributed by atoms with Gasteiger partial charge < -0.3 is 20.7 Å². The maximum Gasteiger partial charge on any atom is 0.408 e. The van der Waals surface area contributed by atoms with Crippen LogP contribution in [-0.4, -0.2) is 55.3 Å². The zero-order valence-electron chi connectivity index (χ0n) is 17.1. The van der Waals surface area contributed by atoms with Gasteiger partial charge in [0.25, 0.3) is 0 Å². The number of thioether (sulfide) groups is 1. The van der Waals surface area contributed by atoms with Crippen molar-refractivity contribution in [2.45, 2.75) is 71.4 Å². The number of amides is 1. The molecule has 6 nitrogen and oxygen atoms in total. The minimum atomic E-state index is -0.501. The number of aliphatic imine (C=N–C) groups is 1. The maximum atomic E-state index is 12.2. The quantitative estimate of drug-likeness (QED) is 0.310. The van der Waals surface area contributed by atoms with Gasteiger partial charge in [-0.05, 0) is 58.5 Å². The first-order chi connectivity index (χ1) is 11.7. The fourth-order valence-electron chi connectivity index (χ4n) is 2.29. The highest BCUT2D eigenvalue weighted by molar-refractivity contribution is 7.98. The third kappa shape index (κ3) is 11.2. The van der Waals surface area contributed by atoms with Gasteiger partial charge in [0.2, 0.25) is 0 Å². The Hall–Kier alpha value is -1.11. The zero-order valence-corrected chi connectivity index (χ0v) is 17.9. The molecule has 1 amide bonds. The van der Waals surface area contributed by atoms with E-state index in [1.165, 1.54) is 12.2 Å². The number of carbonyl (C=O) groups is 1. The molecule has 0 aromatic carbocycles. The highest BCUT2D eigenvalue weighted by Crippen LogP contribution is 2.16. The van der Waals surface area contributed by atoms with Gasteiger partial charge in [-0.2, -0.15) is 11.8 Å². The van der Waals surface area contributed by atoms with Crippen molar-refractivity contribution in [3.63, 3.8) is 0 Å². The van der Waals surface area contributed by atoms with Crippen LogP contribution in [0.3, 0.4) is 0 Å². The van der Waals surface area contributed by atoms with E-state index in [1.54, 1.807) is 7.05 Å². The van der Waals surface area contributed by atoms with Gasteiger partial charge in [-0.15, -0.1) is 0 Å². The van der Waals surface area contributed by atoms with Crippen molar-refractivity contribution in [3.8, 4) is 0 Å². The molecule has 0 aliphatic heterocycles. The summed E-state index contributed by atoms with van der Waals surface area (Å²) in [6, 6.07) is 0. The van der Waals surface area contributed by atoms with E-state index in [2.05, 4.69) is 41.0 Å². The summed E-state index contributed by atoms with van der Waals surface area (Å²) >= 11 is 1.87. The molecule has 0 rings (SSSR count). The van der Waals surface area contributed by atoms with Gasteiger partial charge in [-0.25, -0.2) is 4.79 Å². The Balaban J connectivity index is 4.54. The fraction of sp³-hybridized carbons (Fsp3) is 0.889. The summed E-state index contributed by atoms with van der Waals surface area (Å²) in [7, 11) is 1.76. The number of nitrogens with zero attached hydrogens (tertiary/aromatic N) is 1. The molecule has 0 aliphatic rings. The summed E-state index contributed by atoms with van der Waals surface area (Å²) in [6.07, 6.45) is 5.67. The number of alkyl carbamates (subject to hydrolysis) is 1. The molecule has 0 spiro atoms. The third-order valence-corrected chi connectivity index (χ3v) is 4.70. The van der Waals surface area contributed by atoms with E-state index in [4.69, 9.17) is 4.74 Å². The Labute approximate surface area is 158 Å². The molecule has 0 unspecified atom stereocenters. The van der Waals surface area contributed by atoms with E-state index >= 15 is 0 Å². The van der Waals surface area contributed by atoms with Gasteiger partial charge in [-0.1, -0.05) is 13.8 Å². The molecule has 0 saturated heterocycles. The molecular formula is C18H38N4O2S. The molecule has 0 aromatic rings. The van der Waals surface area contributed by atoms with Crippen LogP contribution in [0.4, 0.5) is 4.79 Å². The Morgan fingerprint density at radius 3 is 2.24 bits per heavy atom. The molecule has 25 heavy (non-hydrogen) atoms. The first kappa shape index (κ1) is 23.9. The molecule has 3 N–H and O–H groups in total. The van der Waals surface area contributed by atoms with E-state index in [9.17, 15) is 4.79 Å². The third-order valence-electron chi connectivity index (χ3n) is 4.01. The minimum Gasteiger partial charge on any atom is -0.444 e. The van der Waals surface area contributed by atoms with E-state index in [0.717, 1.165) is 31.8 Å². The largest absolute Gasteiger partial charge is 0.444 e. The zero-order chi connectivity index (χ0) is 19.3. The maximum absolute atomic E-state index is 12.2. The highest BCUT2D eigenvalue weighted by atomic mass is 32.2. The molecule has 7 heteroatoms. The molecule has 0 aromatic heterocycles. The number of carbonyl (C=O) groups excluding carboxylic acids is 1. The standard InChI is InChI=1S/C18H38N4O2S/c1-8-18(9-2,22-16(23)24-17(3,4)5)14-21-15(19-6)20-12-10-11-13-25-7/h8-14H2,1-7H3,(H,22,23)(H2,19,20,21). The molecule has 0 heterocycles. The minimum absolute atomic E-state index is 0.362. The topological polar surface area (TPSA) is 74.8 Å². The lowest BCUT2D eigenvalue weighted by Gasteiger charge is -2.34. The second kappa shape index (κ2) is 12.3. The number of hydrogen-bond donors (Lipinski definition) is 3. The second-order valence-electron chi connectivity index (χ2n) is 7.17. The molecule has 0 aliphatic carbocycles. The molecule has 0 bridgehead atoms. The lowest BCUT2D eigenvalue weighted by Crippen LogP contribution is -2.57. The van der Waals surface area contributed by atoms with Crippen molar-refractivity contribution in [1.29, 1.82) is 0 Å². The molecular weight excluding hydrogens is 336 g/mol. The predicted octanol–water partition coefficient (Wildman–Crippen LogP) is 3.38. The first-order valence-electron chi connectivity index (χ1n) is 9.16. The van der Waals surface area contributed by atoms with Gasteiger partial charge in [0.1, 0.15) is 5.60 Å².